The lowest BCUT2D eigenvalue weighted by atomic mass is 9.96. The van der Waals surface area contributed by atoms with Crippen LogP contribution in [0.5, 0.6) is 0 Å². The lowest BCUT2D eigenvalue weighted by Gasteiger charge is -2.21. The van der Waals surface area contributed by atoms with Gasteiger partial charge in [-0.25, -0.2) is 4.98 Å². The molecule has 2 N–H and O–H groups in total. The summed E-state index contributed by atoms with van der Waals surface area (Å²) in [6, 6.07) is 17.0. The maximum absolute atomic E-state index is 12.9. The molecular formula is C24H28N4O2. The van der Waals surface area contributed by atoms with Crippen molar-refractivity contribution < 1.29 is 9.59 Å². The monoisotopic (exact) mass is 404 g/mol. The molecule has 0 radical (unpaired) electrons. The minimum absolute atomic E-state index is 0.0628. The fourth-order valence-electron chi connectivity index (χ4n) is 3.29. The molecule has 6 nitrogen and oxygen atoms in total. The first-order valence-electron chi connectivity index (χ1n) is 10.2. The molecule has 1 atom stereocenters. The van der Waals surface area contributed by atoms with Gasteiger partial charge < -0.3 is 15.2 Å². The number of hydrogen-bond acceptors (Lipinski definition) is 3. The number of amides is 2. The van der Waals surface area contributed by atoms with Gasteiger partial charge in [0.1, 0.15) is 0 Å². The molecule has 1 heterocycles. The van der Waals surface area contributed by atoms with E-state index in [1.165, 1.54) is 0 Å². The first-order valence-corrected chi connectivity index (χ1v) is 10.2. The Kier molecular flexibility index (Phi) is 7.38. The van der Waals surface area contributed by atoms with E-state index in [2.05, 4.69) is 29.5 Å². The zero-order valence-electron chi connectivity index (χ0n) is 17.4. The van der Waals surface area contributed by atoms with E-state index in [1.54, 1.807) is 36.8 Å². The molecule has 0 saturated carbocycles. The van der Waals surface area contributed by atoms with Crippen molar-refractivity contribution >= 4 is 17.5 Å². The molecule has 0 spiro atoms. The molecule has 2 aromatic carbocycles. The van der Waals surface area contributed by atoms with E-state index in [0.29, 0.717) is 30.1 Å². The topological polar surface area (TPSA) is 76.0 Å². The summed E-state index contributed by atoms with van der Waals surface area (Å²) in [6.07, 6.45) is 6.36. The van der Waals surface area contributed by atoms with Crippen LogP contribution in [0.25, 0.3) is 0 Å². The van der Waals surface area contributed by atoms with Crippen LogP contribution < -0.4 is 10.6 Å². The fraction of sp³-hybridized carbons (Fsp3) is 0.292. The molecule has 30 heavy (non-hydrogen) atoms. The summed E-state index contributed by atoms with van der Waals surface area (Å²) < 4.78 is 1.85. The maximum Gasteiger partial charge on any atom is 0.251 e. The number of aromatic nitrogens is 2. The Morgan fingerprint density at radius 2 is 1.87 bits per heavy atom. The summed E-state index contributed by atoms with van der Waals surface area (Å²) in [5.41, 5.74) is 2.22. The molecule has 0 bridgehead atoms. The van der Waals surface area contributed by atoms with Crippen molar-refractivity contribution in [2.75, 3.05) is 5.32 Å². The van der Waals surface area contributed by atoms with Gasteiger partial charge >= 0.3 is 0 Å². The molecule has 0 saturated heterocycles. The Labute approximate surface area is 177 Å². The summed E-state index contributed by atoms with van der Waals surface area (Å²) in [6.45, 7) is 4.84. The van der Waals surface area contributed by atoms with Gasteiger partial charge in [0, 0.05) is 36.6 Å². The molecule has 0 aliphatic rings. The van der Waals surface area contributed by atoms with Crippen molar-refractivity contribution in [2.24, 2.45) is 5.92 Å². The molecule has 6 heteroatoms. The van der Waals surface area contributed by atoms with Crippen LogP contribution in [-0.4, -0.2) is 21.4 Å². The molecule has 2 amide bonds. The molecule has 3 rings (SSSR count). The van der Waals surface area contributed by atoms with Gasteiger partial charge in [-0.05, 0) is 36.1 Å². The second kappa shape index (κ2) is 10.4. The Balaban J connectivity index is 1.63. The predicted octanol–water partition coefficient (Wildman–Crippen LogP) is 4.43. The van der Waals surface area contributed by atoms with Gasteiger partial charge in [-0.3, -0.25) is 9.59 Å². The summed E-state index contributed by atoms with van der Waals surface area (Å²) >= 11 is 0. The van der Waals surface area contributed by atoms with Crippen molar-refractivity contribution in [3.05, 3.63) is 84.4 Å². The minimum Gasteiger partial charge on any atom is -0.345 e. The van der Waals surface area contributed by atoms with Crippen molar-refractivity contribution in [1.29, 1.82) is 0 Å². The Morgan fingerprint density at radius 1 is 1.07 bits per heavy atom. The highest BCUT2D eigenvalue weighted by atomic mass is 16.2. The van der Waals surface area contributed by atoms with Crippen LogP contribution in [0.1, 0.15) is 48.7 Å². The van der Waals surface area contributed by atoms with Gasteiger partial charge in [-0.15, -0.1) is 0 Å². The van der Waals surface area contributed by atoms with Crippen LogP contribution in [-0.2, 0) is 11.3 Å². The summed E-state index contributed by atoms with van der Waals surface area (Å²) in [5, 5.41) is 6.01. The van der Waals surface area contributed by atoms with E-state index in [4.69, 9.17) is 0 Å². The van der Waals surface area contributed by atoms with Gasteiger partial charge in [0.25, 0.3) is 5.91 Å². The first kappa shape index (κ1) is 21.3. The number of benzene rings is 2. The third-order valence-corrected chi connectivity index (χ3v) is 4.78. The SMILES string of the molecule is CC(C)CC(NC(=O)c1cccc(NC(=O)CCn2ccnc2)c1)c1ccccc1. The average molecular weight is 405 g/mol. The second-order valence-electron chi connectivity index (χ2n) is 7.75. The van der Waals surface area contributed by atoms with Gasteiger partial charge in [0.2, 0.25) is 5.91 Å². The highest BCUT2D eigenvalue weighted by Gasteiger charge is 2.17. The lowest BCUT2D eigenvalue weighted by Crippen LogP contribution is -2.29. The minimum atomic E-state index is -0.154. The molecule has 0 aliphatic carbocycles. The normalized spacial score (nSPS) is 11.8. The van der Waals surface area contributed by atoms with Crippen LogP contribution in [0.2, 0.25) is 0 Å². The third kappa shape index (κ3) is 6.30. The highest BCUT2D eigenvalue weighted by Crippen LogP contribution is 2.22. The summed E-state index contributed by atoms with van der Waals surface area (Å²) in [4.78, 5) is 29.1. The number of anilines is 1. The predicted molar refractivity (Wildman–Crippen MR) is 118 cm³/mol. The second-order valence-corrected chi connectivity index (χ2v) is 7.75. The Bertz CT molecular complexity index is 952. The average Bonchev–Trinajstić information content (AvgIpc) is 3.26. The smallest absolute Gasteiger partial charge is 0.251 e. The van der Waals surface area contributed by atoms with Crippen LogP contribution in [0.3, 0.4) is 0 Å². The quantitative estimate of drug-likeness (QED) is 0.554. The van der Waals surface area contributed by atoms with Crippen molar-refractivity contribution in [2.45, 2.75) is 39.3 Å². The van der Waals surface area contributed by atoms with Crippen LogP contribution in [0, 0.1) is 5.92 Å². The number of carbonyl (C=O) groups excluding carboxylic acids is 2. The number of imidazole rings is 1. The maximum atomic E-state index is 12.9. The number of aryl methyl sites for hydroxylation is 1. The van der Waals surface area contributed by atoms with Crippen LogP contribution >= 0.6 is 0 Å². The number of nitrogens with one attached hydrogen (secondary N) is 2. The van der Waals surface area contributed by atoms with Crippen LogP contribution in [0.4, 0.5) is 5.69 Å². The van der Waals surface area contributed by atoms with E-state index in [9.17, 15) is 9.59 Å². The van der Waals surface area contributed by atoms with Crippen molar-refractivity contribution in [3.8, 4) is 0 Å². The zero-order valence-corrected chi connectivity index (χ0v) is 17.4. The van der Waals surface area contributed by atoms with E-state index >= 15 is 0 Å². The molecule has 0 aliphatic heterocycles. The van der Waals surface area contributed by atoms with Gasteiger partial charge in [0.15, 0.2) is 0 Å². The molecule has 1 unspecified atom stereocenters. The zero-order chi connectivity index (χ0) is 21.3. The molecule has 0 fully saturated rings. The molecule has 3 aromatic rings. The van der Waals surface area contributed by atoms with Gasteiger partial charge in [-0.2, -0.15) is 0 Å². The number of rotatable bonds is 9. The Hall–Kier alpha value is -3.41. The summed E-state index contributed by atoms with van der Waals surface area (Å²) in [7, 11) is 0. The standard InChI is InChI=1S/C24H28N4O2/c1-18(2)15-22(19-7-4-3-5-8-19)27-24(30)20-9-6-10-21(16-20)26-23(29)11-13-28-14-12-25-17-28/h3-10,12,14,16-18,22H,11,13,15H2,1-2H3,(H,26,29)(H,27,30). The van der Waals surface area contributed by atoms with E-state index in [0.717, 1.165) is 12.0 Å². The van der Waals surface area contributed by atoms with Crippen LogP contribution in [0.15, 0.2) is 73.3 Å². The number of nitrogens with zero attached hydrogens (tertiary/aromatic N) is 2. The summed E-state index contributed by atoms with van der Waals surface area (Å²) in [5.74, 6) is 0.180. The van der Waals surface area contributed by atoms with Gasteiger partial charge in [0.05, 0.1) is 12.4 Å². The fourth-order valence-corrected chi connectivity index (χ4v) is 3.29. The van der Waals surface area contributed by atoms with E-state index in [1.807, 2.05) is 41.1 Å². The van der Waals surface area contributed by atoms with E-state index in [-0.39, 0.29) is 17.9 Å². The van der Waals surface area contributed by atoms with Crippen molar-refractivity contribution in [3.63, 3.8) is 0 Å². The molecular weight excluding hydrogens is 376 g/mol. The number of carbonyl (C=O) groups is 2. The Morgan fingerprint density at radius 3 is 2.57 bits per heavy atom. The highest BCUT2D eigenvalue weighted by molar-refractivity contribution is 5.97. The van der Waals surface area contributed by atoms with Gasteiger partial charge in [-0.1, -0.05) is 50.2 Å². The largest absolute Gasteiger partial charge is 0.345 e. The first-order chi connectivity index (χ1) is 14.5. The third-order valence-electron chi connectivity index (χ3n) is 4.78. The van der Waals surface area contributed by atoms with Crippen molar-refractivity contribution in [1.82, 2.24) is 14.9 Å². The lowest BCUT2D eigenvalue weighted by molar-refractivity contribution is -0.116. The van der Waals surface area contributed by atoms with E-state index < -0.39 is 0 Å². The molecule has 156 valence electrons. The molecule has 1 aromatic heterocycles. The number of hydrogen-bond donors (Lipinski definition) is 2.